The Kier molecular flexibility index (Phi) is 4.52. The molecule has 1 atom stereocenters. The SMILES string of the molecule is CC(C)(C#N)CCCCN1CC(C(=O)O)c2ccccc21. The Labute approximate surface area is 126 Å². The summed E-state index contributed by atoms with van der Waals surface area (Å²) >= 11 is 0. The van der Waals surface area contributed by atoms with Gasteiger partial charge in [0, 0.05) is 18.8 Å². The molecule has 1 N–H and O–H groups in total. The molecular formula is C17H22N2O2. The highest BCUT2D eigenvalue weighted by atomic mass is 16.4. The molecular weight excluding hydrogens is 264 g/mol. The molecule has 0 aliphatic carbocycles. The van der Waals surface area contributed by atoms with Crippen molar-refractivity contribution in [3.05, 3.63) is 29.8 Å². The highest BCUT2D eigenvalue weighted by Gasteiger charge is 2.32. The Balaban J connectivity index is 1.94. The van der Waals surface area contributed by atoms with E-state index < -0.39 is 11.9 Å². The van der Waals surface area contributed by atoms with E-state index >= 15 is 0 Å². The van der Waals surface area contributed by atoms with E-state index in [1.54, 1.807) is 0 Å². The second-order valence-corrected chi connectivity index (χ2v) is 6.35. The molecule has 1 aliphatic heterocycles. The van der Waals surface area contributed by atoms with E-state index in [-0.39, 0.29) is 5.41 Å². The van der Waals surface area contributed by atoms with Crippen LogP contribution in [0.5, 0.6) is 0 Å². The van der Waals surface area contributed by atoms with Crippen molar-refractivity contribution in [3.63, 3.8) is 0 Å². The molecule has 1 aromatic carbocycles. The minimum atomic E-state index is -0.754. The van der Waals surface area contributed by atoms with E-state index in [1.165, 1.54) is 0 Å². The maximum Gasteiger partial charge on any atom is 0.312 e. The summed E-state index contributed by atoms with van der Waals surface area (Å²) in [4.78, 5) is 13.5. The first kappa shape index (κ1) is 15.4. The molecule has 1 unspecified atom stereocenters. The van der Waals surface area contributed by atoms with Gasteiger partial charge < -0.3 is 10.0 Å². The number of unbranched alkanes of at least 4 members (excludes halogenated alkanes) is 1. The number of carboxylic acids is 1. The average Bonchev–Trinajstić information content (AvgIpc) is 2.83. The Morgan fingerprint density at radius 2 is 2.14 bits per heavy atom. The number of nitriles is 1. The van der Waals surface area contributed by atoms with E-state index in [0.717, 1.165) is 37.1 Å². The molecule has 4 nitrogen and oxygen atoms in total. The number of rotatable bonds is 6. The van der Waals surface area contributed by atoms with Crippen molar-refractivity contribution < 1.29 is 9.90 Å². The van der Waals surface area contributed by atoms with Gasteiger partial charge in [-0.2, -0.15) is 5.26 Å². The van der Waals surface area contributed by atoms with Crippen molar-refractivity contribution in [1.82, 2.24) is 0 Å². The number of hydrogen-bond donors (Lipinski definition) is 1. The predicted octanol–water partition coefficient (Wildman–Crippen LogP) is 3.39. The molecule has 112 valence electrons. The summed E-state index contributed by atoms with van der Waals surface area (Å²) in [5.41, 5.74) is 1.69. The lowest BCUT2D eigenvalue weighted by molar-refractivity contribution is -0.138. The molecule has 1 aliphatic rings. The van der Waals surface area contributed by atoms with E-state index in [9.17, 15) is 9.90 Å². The number of anilines is 1. The van der Waals surface area contributed by atoms with Gasteiger partial charge in [-0.1, -0.05) is 24.6 Å². The number of hydrogen-bond acceptors (Lipinski definition) is 3. The first-order valence-corrected chi connectivity index (χ1v) is 7.42. The highest BCUT2D eigenvalue weighted by molar-refractivity contribution is 5.82. The summed E-state index contributed by atoms with van der Waals surface area (Å²) in [5.74, 6) is -1.17. The fourth-order valence-corrected chi connectivity index (χ4v) is 2.84. The van der Waals surface area contributed by atoms with Crippen LogP contribution in [0.2, 0.25) is 0 Å². The molecule has 0 amide bonds. The molecule has 0 saturated heterocycles. The van der Waals surface area contributed by atoms with Gasteiger partial charge in [0.05, 0.1) is 11.5 Å². The van der Waals surface area contributed by atoms with E-state index in [0.29, 0.717) is 6.54 Å². The third-order valence-electron chi connectivity index (χ3n) is 4.14. The van der Waals surface area contributed by atoms with Crippen molar-refractivity contribution in [3.8, 4) is 6.07 Å². The maximum atomic E-state index is 11.3. The zero-order chi connectivity index (χ0) is 15.5. The summed E-state index contributed by atoms with van der Waals surface area (Å²) in [5, 5.41) is 18.3. The third-order valence-corrected chi connectivity index (χ3v) is 4.14. The zero-order valence-electron chi connectivity index (χ0n) is 12.7. The Hall–Kier alpha value is -2.02. The average molecular weight is 286 g/mol. The third kappa shape index (κ3) is 3.55. The van der Waals surface area contributed by atoms with Gasteiger partial charge in [0.2, 0.25) is 0 Å². The smallest absolute Gasteiger partial charge is 0.312 e. The minimum Gasteiger partial charge on any atom is -0.481 e. The van der Waals surface area contributed by atoms with Gasteiger partial charge in [0.15, 0.2) is 0 Å². The molecule has 0 bridgehead atoms. The largest absolute Gasteiger partial charge is 0.481 e. The molecule has 0 radical (unpaired) electrons. The highest BCUT2D eigenvalue weighted by Crippen LogP contribution is 2.36. The Bertz CT molecular complexity index is 560. The first-order chi connectivity index (χ1) is 9.94. The van der Waals surface area contributed by atoms with Crippen LogP contribution >= 0.6 is 0 Å². The molecule has 1 heterocycles. The van der Waals surface area contributed by atoms with Crippen LogP contribution < -0.4 is 4.90 Å². The van der Waals surface area contributed by atoms with Crippen molar-refractivity contribution >= 4 is 11.7 Å². The number of carbonyl (C=O) groups is 1. The topological polar surface area (TPSA) is 64.3 Å². The summed E-state index contributed by atoms with van der Waals surface area (Å²) in [7, 11) is 0. The van der Waals surface area contributed by atoms with Crippen molar-refractivity contribution in [2.45, 2.75) is 39.0 Å². The zero-order valence-corrected chi connectivity index (χ0v) is 12.7. The lowest BCUT2D eigenvalue weighted by Gasteiger charge is -2.21. The van der Waals surface area contributed by atoms with E-state index in [2.05, 4.69) is 11.0 Å². The number of fused-ring (bicyclic) bond motifs is 1. The van der Waals surface area contributed by atoms with Crippen LogP contribution in [0.1, 0.15) is 44.6 Å². The van der Waals surface area contributed by atoms with Crippen molar-refractivity contribution in [2.75, 3.05) is 18.0 Å². The summed E-state index contributed by atoms with van der Waals surface area (Å²) in [6, 6.07) is 10.1. The van der Waals surface area contributed by atoms with Crippen LogP contribution in [0.3, 0.4) is 0 Å². The number of aliphatic carboxylic acids is 1. The molecule has 1 aromatic rings. The van der Waals surface area contributed by atoms with E-state index in [1.807, 2.05) is 38.1 Å². The van der Waals surface area contributed by atoms with Gasteiger partial charge in [-0.3, -0.25) is 4.79 Å². The molecule has 4 heteroatoms. The van der Waals surface area contributed by atoms with Crippen LogP contribution in [0, 0.1) is 16.7 Å². The standard InChI is InChI=1S/C17H22N2O2/c1-17(2,12-18)9-5-6-10-19-11-14(16(20)21)13-7-3-4-8-15(13)19/h3-4,7-8,14H,5-6,9-11H2,1-2H3,(H,20,21). The van der Waals surface area contributed by atoms with Crippen LogP contribution in [-0.4, -0.2) is 24.2 Å². The normalized spacial score (nSPS) is 17.4. The first-order valence-electron chi connectivity index (χ1n) is 7.42. The summed E-state index contributed by atoms with van der Waals surface area (Å²) < 4.78 is 0. The number of nitrogens with zero attached hydrogens (tertiary/aromatic N) is 2. The monoisotopic (exact) mass is 286 g/mol. The van der Waals surface area contributed by atoms with Gasteiger partial charge in [0.1, 0.15) is 5.92 Å². The fraction of sp³-hybridized carbons (Fsp3) is 0.529. The van der Waals surface area contributed by atoms with Gasteiger partial charge in [-0.25, -0.2) is 0 Å². The Morgan fingerprint density at radius 3 is 2.81 bits per heavy atom. The molecule has 2 rings (SSSR count). The summed E-state index contributed by atoms with van der Waals surface area (Å²) in [6.07, 6.45) is 2.84. The molecule has 0 aromatic heterocycles. The Morgan fingerprint density at radius 1 is 1.43 bits per heavy atom. The number of benzene rings is 1. The number of para-hydroxylation sites is 1. The second-order valence-electron chi connectivity index (χ2n) is 6.35. The van der Waals surface area contributed by atoms with Gasteiger partial charge in [0.25, 0.3) is 0 Å². The minimum absolute atomic E-state index is 0.271. The van der Waals surface area contributed by atoms with Crippen LogP contribution in [0.4, 0.5) is 5.69 Å². The van der Waals surface area contributed by atoms with Crippen molar-refractivity contribution in [1.29, 1.82) is 5.26 Å². The van der Waals surface area contributed by atoms with Gasteiger partial charge in [-0.15, -0.1) is 0 Å². The molecule has 0 saturated carbocycles. The van der Waals surface area contributed by atoms with E-state index in [4.69, 9.17) is 5.26 Å². The lowest BCUT2D eigenvalue weighted by atomic mass is 9.89. The predicted molar refractivity (Wildman–Crippen MR) is 82.3 cm³/mol. The van der Waals surface area contributed by atoms with Crippen molar-refractivity contribution in [2.24, 2.45) is 5.41 Å². The molecule has 21 heavy (non-hydrogen) atoms. The van der Waals surface area contributed by atoms with Crippen LogP contribution in [-0.2, 0) is 4.79 Å². The van der Waals surface area contributed by atoms with Crippen LogP contribution in [0.15, 0.2) is 24.3 Å². The fourth-order valence-electron chi connectivity index (χ4n) is 2.84. The number of carboxylic acid groups (broad SMARTS) is 1. The quantitative estimate of drug-likeness (QED) is 0.814. The lowest BCUT2D eigenvalue weighted by Crippen LogP contribution is -2.25. The van der Waals surface area contributed by atoms with Gasteiger partial charge >= 0.3 is 5.97 Å². The molecule has 0 fully saturated rings. The van der Waals surface area contributed by atoms with Crippen LogP contribution in [0.25, 0.3) is 0 Å². The second kappa shape index (κ2) is 6.17. The maximum absolute atomic E-state index is 11.3. The summed E-state index contributed by atoms with van der Waals surface area (Å²) in [6.45, 7) is 5.32. The molecule has 0 spiro atoms. The van der Waals surface area contributed by atoms with Gasteiger partial charge in [-0.05, 0) is 38.3 Å².